The van der Waals surface area contributed by atoms with E-state index in [9.17, 15) is 0 Å². The van der Waals surface area contributed by atoms with E-state index in [0.717, 1.165) is 94.2 Å². The molecule has 0 amide bonds. The zero-order chi connectivity index (χ0) is 46.6. The van der Waals surface area contributed by atoms with Gasteiger partial charge < -0.3 is 19.3 Å². The molecule has 2 heterocycles. The Hall–Kier alpha value is -7.70. The Morgan fingerprint density at radius 1 is 0.406 bits per heavy atom. The minimum atomic E-state index is -0.541. The van der Waals surface area contributed by atoms with Gasteiger partial charge in [-0.05, 0) is 130 Å². The third kappa shape index (κ3) is 8.39. The molecule has 0 saturated heterocycles. The average Bonchev–Trinajstić information content (AvgIpc) is 3.70. The van der Waals surface area contributed by atoms with Gasteiger partial charge in [-0.1, -0.05) is 162 Å². The van der Waals surface area contributed by atoms with E-state index in [4.69, 9.17) is 19.5 Å². The molecule has 0 N–H and O–H groups in total. The molecule has 0 aromatic heterocycles. The molecule has 8 aromatic rings. The number of fused-ring (bicyclic) bond motifs is 7. The Bertz CT molecular complexity index is 2960. The summed E-state index contributed by atoms with van der Waals surface area (Å²) in [6.45, 7) is 6.44. The summed E-state index contributed by atoms with van der Waals surface area (Å²) in [5, 5.41) is 0. The maximum absolute atomic E-state index is 6.48. The molecule has 0 fully saturated rings. The number of aliphatic imine (C=N–C) groups is 2. The van der Waals surface area contributed by atoms with Gasteiger partial charge in [0.1, 0.15) is 0 Å². The highest BCUT2D eigenvalue weighted by atomic mass is 16.5. The molecular formula is C63H58N4O2. The van der Waals surface area contributed by atoms with Crippen molar-refractivity contribution in [3.8, 4) is 34.1 Å². The van der Waals surface area contributed by atoms with E-state index >= 15 is 0 Å². The van der Waals surface area contributed by atoms with Crippen LogP contribution in [0.1, 0.15) is 98.6 Å². The maximum atomic E-state index is 6.48. The van der Waals surface area contributed by atoms with E-state index in [1.807, 2.05) is 24.6 Å². The number of nitrogens with zero attached hydrogens (tertiary/aromatic N) is 4. The van der Waals surface area contributed by atoms with Crippen LogP contribution >= 0.6 is 0 Å². The zero-order valence-corrected chi connectivity index (χ0v) is 39.7. The number of para-hydroxylation sites is 4. The van der Waals surface area contributed by atoms with Crippen LogP contribution in [-0.2, 0) is 5.41 Å². The minimum Gasteiger partial charge on any atom is -0.453 e. The van der Waals surface area contributed by atoms with Crippen molar-refractivity contribution in [1.82, 2.24) is 0 Å². The van der Waals surface area contributed by atoms with E-state index in [1.54, 1.807) is 0 Å². The van der Waals surface area contributed by atoms with Crippen LogP contribution in [0.5, 0.6) is 23.0 Å². The van der Waals surface area contributed by atoms with Crippen molar-refractivity contribution in [2.24, 2.45) is 9.98 Å². The number of ether oxygens (including phenoxy) is 2. The van der Waals surface area contributed by atoms with Crippen LogP contribution in [0.4, 0.5) is 34.1 Å². The Labute approximate surface area is 407 Å². The molecule has 11 rings (SSSR count). The first-order valence-electron chi connectivity index (χ1n) is 25.0. The van der Waals surface area contributed by atoms with Gasteiger partial charge in [0.25, 0.3) is 0 Å². The predicted molar refractivity (Wildman–Crippen MR) is 286 cm³/mol. The fraction of sp³-hybridized carbons (Fsp3) is 0.206. The topological polar surface area (TPSA) is 49.7 Å². The number of hydrogen-bond acceptors (Lipinski definition) is 6. The SMILES string of the molecule is CCCCCCN1c2ccccc2Oc2cc(C=Nc3ccc(C4(c5ccc(N=Cc6ccc7c(c6)Oc6ccccc6N7CCCCCC)cc5)c5ccccc5-c5ccccc54)cc3)ccc21. The van der Waals surface area contributed by atoms with E-state index < -0.39 is 5.41 Å². The fourth-order valence-electron chi connectivity index (χ4n) is 10.7. The molecule has 2 aliphatic heterocycles. The number of anilines is 4. The lowest BCUT2D eigenvalue weighted by molar-refractivity contribution is 0.471. The number of benzene rings is 8. The summed E-state index contributed by atoms with van der Waals surface area (Å²) in [6, 6.07) is 64.9. The Balaban J connectivity index is 0.870. The molecule has 0 saturated carbocycles. The molecule has 8 aromatic carbocycles. The van der Waals surface area contributed by atoms with Gasteiger partial charge in [-0.3, -0.25) is 9.98 Å². The third-order valence-corrected chi connectivity index (χ3v) is 14.1. The number of hydrogen-bond donors (Lipinski definition) is 0. The largest absolute Gasteiger partial charge is 0.453 e. The van der Waals surface area contributed by atoms with Crippen molar-refractivity contribution in [2.45, 2.75) is 70.6 Å². The minimum absolute atomic E-state index is 0.541. The van der Waals surface area contributed by atoms with Gasteiger partial charge in [0.2, 0.25) is 0 Å². The summed E-state index contributed by atoms with van der Waals surface area (Å²) in [4.78, 5) is 14.8. The summed E-state index contributed by atoms with van der Waals surface area (Å²) in [5.41, 5.74) is 15.1. The molecule has 1 aliphatic carbocycles. The van der Waals surface area contributed by atoms with Gasteiger partial charge in [-0.2, -0.15) is 0 Å². The van der Waals surface area contributed by atoms with Crippen LogP contribution in [0.3, 0.4) is 0 Å². The standard InChI is InChI=1S/C63H58N4O2/c1-3-5-7-17-39-66-55-23-13-15-25-59(55)68-61-41-45(27-37-57(61)66)43-64-49-33-29-47(30-34-49)63(53-21-11-9-19-51(53)52-20-10-12-22-54(52)63)48-31-35-50(36-32-48)65-44-46-28-38-58-62(42-46)69-60-26-16-14-24-56(60)67(58)40-18-8-6-4-2/h9-16,19-38,41-44H,3-8,17-18,39-40H2,1-2H3. The normalized spacial score (nSPS) is 13.8. The Morgan fingerprint density at radius 2 is 0.812 bits per heavy atom. The summed E-state index contributed by atoms with van der Waals surface area (Å²) in [5.74, 6) is 3.51. The smallest absolute Gasteiger partial charge is 0.151 e. The summed E-state index contributed by atoms with van der Waals surface area (Å²) < 4.78 is 13.0. The summed E-state index contributed by atoms with van der Waals surface area (Å²) in [6.07, 6.45) is 13.6. The first kappa shape index (κ1) is 43.8. The van der Waals surface area contributed by atoms with Crippen LogP contribution < -0.4 is 19.3 Å². The third-order valence-electron chi connectivity index (χ3n) is 14.1. The average molecular weight is 903 g/mol. The highest BCUT2D eigenvalue weighted by Crippen LogP contribution is 2.56. The van der Waals surface area contributed by atoms with Crippen molar-refractivity contribution in [2.75, 3.05) is 22.9 Å². The molecule has 0 bridgehead atoms. The second kappa shape index (κ2) is 19.5. The molecule has 0 unspecified atom stereocenters. The van der Waals surface area contributed by atoms with Crippen molar-refractivity contribution >= 4 is 46.6 Å². The Kier molecular flexibility index (Phi) is 12.4. The summed E-state index contributed by atoms with van der Waals surface area (Å²) >= 11 is 0. The van der Waals surface area contributed by atoms with Gasteiger partial charge in [-0.15, -0.1) is 0 Å². The molecule has 0 radical (unpaired) electrons. The highest BCUT2D eigenvalue weighted by Gasteiger charge is 2.45. The van der Waals surface area contributed by atoms with Crippen LogP contribution in [-0.4, -0.2) is 25.5 Å². The maximum Gasteiger partial charge on any atom is 0.151 e. The van der Waals surface area contributed by atoms with E-state index in [-0.39, 0.29) is 0 Å². The van der Waals surface area contributed by atoms with Crippen molar-refractivity contribution in [1.29, 1.82) is 0 Å². The monoisotopic (exact) mass is 902 g/mol. The molecular weight excluding hydrogens is 845 g/mol. The van der Waals surface area contributed by atoms with Gasteiger partial charge in [0.15, 0.2) is 23.0 Å². The Morgan fingerprint density at radius 3 is 1.26 bits per heavy atom. The lowest BCUT2D eigenvalue weighted by Crippen LogP contribution is -2.28. The van der Waals surface area contributed by atoms with E-state index in [0.29, 0.717) is 0 Å². The van der Waals surface area contributed by atoms with E-state index in [1.165, 1.54) is 71.9 Å². The fourth-order valence-corrected chi connectivity index (χ4v) is 10.7. The molecule has 342 valence electrons. The number of rotatable bonds is 16. The predicted octanol–water partition coefficient (Wildman–Crippen LogP) is 17.2. The number of unbranched alkanes of at least 4 members (excludes halogenated alkanes) is 6. The summed E-state index contributed by atoms with van der Waals surface area (Å²) in [7, 11) is 0. The van der Waals surface area contributed by atoms with Crippen LogP contribution in [0.2, 0.25) is 0 Å². The quantitative estimate of drug-likeness (QED) is 0.0716. The molecule has 6 heteroatoms. The lowest BCUT2D eigenvalue weighted by Gasteiger charge is -2.34. The first-order chi connectivity index (χ1) is 34.1. The highest BCUT2D eigenvalue weighted by molar-refractivity contribution is 5.89. The molecule has 0 atom stereocenters. The van der Waals surface area contributed by atoms with E-state index in [2.05, 4.69) is 194 Å². The van der Waals surface area contributed by atoms with Gasteiger partial charge >= 0.3 is 0 Å². The second-order valence-corrected chi connectivity index (χ2v) is 18.5. The zero-order valence-electron chi connectivity index (χ0n) is 39.7. The molecule has 0 spiro atoms. The molecule has 69 heavy (non-hydrogen) atoms. The lowest BCUT2D eigenvalue weighted by atomic mass is 9.67. The van der Waals surface area contributed by atoms with Crippen molar-refractivity contribution < 1.29 is 9.47 Å². The van der Waals surface area contributed by atoms with Crippen LogP contribution in [0.25, 0.3) is 11.1 Å². The van der Waals surface area contributed by atoms with Crippen LogP contribution in [0.15, 0.2) is 192 Å². The van der Waals surface area contributed by atoms with Crippen molar-refractivity contribution in [3.63, 3.8) is 0 Å². The van der Waals surface area contributed by atoms with Crippen LogP contribution in [0, 0.1) is 0 Å². The van der Waals surface area contributed by atoms with Gasteiger partial charge in [-0.25, -0.2) is 0 Å². The first-order valence-corrected chi connectivity index (χ1v) is 25.0. The van der Waals surface area contributed by atoms with Gasteiger partial charge in [0.05, 0.1) is 39.5 Å². The molecule has 3 aliphatic rings. The molecule has 6 nitrogen and oxygen atoms in total. The van der Waals surface area contributed by atoms with Gasteiger partial charge in [0, 0.05) is 25.5 Å². The second-order valence-electron chi connectivity index (χ2n) is 18.5. The van der Waals surface area contributed by atoms with Crippen molar-refractivity contribution in [3.05, 3.63) is 215 Å².